The second-order valence-electron chi connectivity index (χ2n) is 3.84. The molecule has 0 fully saturated rings. The Morgan fingerprint density at radius 2 is 2.07 bits per heavy atom. The Hall–Kier alpha value is -0.610. The normalized spacial score (nSPS) is 15.5. The molecule has 84 valence electrons. The Balaban J connectivity index is 4.18. The smallest absolute Gasteiger partial charge is 0.234 e. The summed E-state index contributed by atoms with van der Waals surface area (Å²) in [5, 5.41) is 3.20. The molecule has 0 aromatic heterocycles. The van der Waals surface area contributed by atoms with Gasteiger partial charge in [-0.25, -0.2) is 0 Å². The summed E-state index contributed by atoms with van der Waals surface area (Å²) in [6, 6.07) is -0.0741. The number of methoxy groups -OCH3 is 1. The third-order valence-electron chi connectivity index (χ3n) is 2.32. The zero-order chi connectivity index (χ0) is 11.1. The first-order chi connectivity index (χ1) is 6.52. The molecule has 0 rings (SSSR count). The molecule has 4 nitrogen and oxygen atoms in total. The van der Waals surface area contributed by atoms with E-state index in [4.69, 9.17) is 10.5 Å². The highest BCUT2D eigenvalue weighted by molar-refractivity contribution is 5.79. The van der Waals surface area contributed by atoms with Crippen molar-refractivity contribution in [3.63, 3.8) is 0 Å². The summed E-state index contributed by atoms with van der Waals surface area (Å²) in [6.07, 6.45) is 0.711. The number of rotatable bonds is 7. The monoisotopic (exact) mass is 202 g/mol. The van der Waals surface area contributed by atoms with Crippen molar-refractivity contribution in [1.82, 2.24) is 5.32 Å². The third-order valence-corrected chi connectivity index (χ3v) is 2.32. The number of ether oxygens (including phenoxy) is 1. The van der Waals surface area contributed by atoms with Crippen molar-refractivity contribution in [1.29, 1.82) is 0 Å². The molecule has 0 aliphatic carbocycles. The van der Waals surface area contributed by atoms with Gasteiger partial charge in [0.2, 0.25) is 5.91 Å². The average molecular weight is 202 g/mol. The fraction of sp³-hybridized carbons (Fsp3) is 0.900. The molecule has 1 amide bonds. The minimum atomic E-state index is -0.297. The van der Waals surface area contributed by atoms with Crippen molar-refractivity contribution in [2.45, 2.75) is 39.3 Å². The average Bonchev–Trinajstić information content (AvgIpc) is 2.11. The number of carbonyl (C=O) groups excluding carboxylic acids is 1. The molecule has 14 heavy (non-hydrogen) atoms. The molecule has 4 heteroatoms. The lowest BCUT2D eigenvalue weighted by atomic mass is 10.0. The molecule has 0 spiro atoms. The largest absolute Gasteiger partial charge is 0.383 e. The molecular weight excluding hydrogens is 180 g/mol. The van der Waals surface area contributed by atoms with Crippen molar-refractivity contribution in [3.8, 4) is 0 Å². The van der Waals surface area contributed by atoms with E-state index in [0.29, 0.717) is 18.9 Å². The number of hydrogen-bond acceptors (Lipinski definition) is 3. The standard InChI is InChI=1S/C10H22N2O2/c1-5-8(10(11)13)12-9(6-14-4)7(2)3/h7-9,12H,5-6H2,1-4H3,(H2,11,13). The van der Waals surface area contributed by atoms with Gasteiger partial charge in [0.15, 0.2) is 0 Å². The number of amides is 1. The van der Waals surface area contributed by atoms with Gasteiger partial charge >= 0.3 is 0 Å². The Morgan fingerprint density at radius 3 is 2.36 bits per heavy atom. The maximum Gasteiger partial charge on any atom is 0.234 e. The van der Waals surface area contributed by atoms with Crippen LogP contribution in [0.4, 0.5) is 0 Å². The number of nitrogens with one attached hydrogen (secondary N) is 1. The maximum atomic E-state index is 11.0. The van der Waals surface area contributed by atoms with Crippen LogP contribution in [0, 0.1) is 5.92 Å². The van der Waals surface area contributed by atoms with Crippen LogP contribution in [-0.2, 0) is 9.53 Å². The second-order valence-corrected chi connectivity index (χ2v) is 3.84. The van der Waals surface area contributed by atoms with Crippen LogP contribution in [0.3, 0.4) is 0 Å². The molecular formula is C10H22N2O2. The van der Waals surface area contributed by atoms with E-state index < -0.39 is 0 Å². The molecule has 0 aliphatic heterocycles. The predicted octanol–water partition coefficient (Wildman–Crippen LogP) is 0.511. The Labute approximate surface area is 86.2 Å². The first kappa shape index (κ1) is 13.4. The summed E-state index contributed by atoms with van der Waals surface area (Å²) >= 11 is 0. The Bertz CT molecular complexity index is 172. The first-order valence-corrected chi connectivity index (χ1v) is 5.07. The van der Waals surface area contributed by atoms with Crippen LogP contribution in [0.1, 0.15) is 27.2 Å². The van der Waals surface area contributed by atoms with Gasteiger partial charge in [0.1, 0.15) is 0 Å². The van der Waals surface area contributed by atoms with Gasteiger partial charge in [0.25, 0.3) is 0 Å². The van der Waals surface area contributed by atoms with Gasteiger partial charge in [-0.15, -0.1) is 0 Å². The number of nitrogens with two attached hydrogens (primary N) is 1. The van der Waals surface area contributed by atoms with E-state index in [1.54, 1.807) is 7.11 Å². The number of carbonyl (C=O) groups is 1. The summed E-state index contributed by atoms with van der Waals surface area (Å²) in [5.74, 6) is 0.123. The van der Waals surface area contributed by atoms with E-state index in [-0.39, 0.29) is 18.0 Å². The molecule has 0 aromatic carbocycles. The van der Waals surface area contributed by atoms with E-state index in [1.165, 1.54) is 0 Å². The van der Waals surface area contributed by atoms with Gasteiger partial charge in [-0.05, 0) is 12.3 Å². The summed E-state index contributed by atoms with van der Waals surface area (Å²) in [7, 11) is 1.66. The number of hydrogen-bond donors (Lipinski definition) is 2. The lowest BCUT2D eigenvalue weighted by molar-refractivity contribution is -0.120. The van der Waals surface area contributed by atoms with Crippen molar-refractivity contribution in [3.05, 3.63) is 0 Å². The summed E-state index contributed by atoms with van der Waals surface area (Å²) in [4.78, 5) is 11.0. The van der Waals surface area contributed by atoms with Crippen molar-refractivity contribution in [2.75, 3.05) is 13.7 Å². The van der Waals surface area contributed by atoms with Gasteiger partial charge in [-0.3, -0.25) is 4.79 Å². The fourth-order valence-electron chi connectivity index (χ4n) is 1.27. The van der Waals surface area contributed by atoms with E-state index in [1.807, 2.05) is 6.92 Å². The summed E-state index contributed by atoms with van der Waals surface area (Å²) in [6.45, 7) is 6.71. The lowest BCUT2D eigenvalue weighted by Gasteiger charge is -2.25. The van der Waals surface area contributed by atoms with Gasteiger partial charge in [0, 0.05) is 13.2 Å². The van der Waals surface area contributed by atoms with Crippen molar-refractivity contribution in [2.24, 2.45) is 11.7 Å². The van der Waals surface area contributed by atoms with E-state index in [9.17, 15) is 4.79 Å². The maximum absolute atomic E-state index is 11.0. The molecule has 0 aromatic rings. The highest BCUT2D eigenvalue weighted by Crippen LogP contribution is 2.04. The number of primary amides is 1. The van der Waals surface area contributed by atoms with Crippen LogP contribution < -0.4 is 11.1 Å². The molecule has 0 heterocycles. The quantitative estimate of drug-likeness (QED) is 0.632. The summed E-state index contributed by atoms with van der Waals surface area (Å²) < 4.78 is 5.08. The van der Waals surface area contributed by atoms with Crippen LogP contribution in [0.2, 0.25) is 0 Å². The van der Waals surface area contributed by atoms with Gasteiger partial charge < -0.3 is 15.8 Å². The van der Waals surface area contributed by atoms with Crippen LogP contribution >= 0.6 is 0 Å². The Morgan fingerprint density at radius 1 is 1.50 bits per heavy atom. The minimum Gasteiger partial charge on any atom is -0.383 e. The van der Waals surface area contributed by atoms with Gasteiger partial charge in [-0.1, -0.05) is 20.8 Å². The van der Waals surface area contributed by atoms with Gasteiger partial charge in [-0.2, -0.15) is 0 Å². The molecule has 0 saturated carbocycles. The molecule has 0 radical (unpaired) electrons. The zero-order valence-corrected chi connectivity index (χ0v) is 9.54. The minimum absolute atomic E-state index is 0.178. The van der Waals surface area contributed by atoms with Crippen LogP contribution in [0.5, 0.6) is 0 Å². The summed E-state index contributed by atoms with van der Waals surface area (Å²) in [5.41, 5.74) is 5.25. The zero-order valence-electron chi connectivity index (χ0n) is 9.54. The van der Waals surface area contributed by atoms with Crippen LogP contribution in [-0.4, -0.2) is 31.7 Å². The SMILES string of the molecule is CCC(NC(COC)C(C)C)C(N)=O. The fourth-order valence-corrected chi connectivity index (χ4v) is 1.27. The lowest BCUT2D eigenvalue weighted by Crippen LogP contribution is -2.49. The highest BCUT2D eigenvalue weighted by Gasteiger charge is 2.20. The first-order valence-electron chi connectivity index (χ1n) is 5.07. The van der Waals surface area contributed by atoms with Crippen LogP contribution in [0.15, 0.2) is 0 Å². The predicted molar refractivity (Wildman–Crippen MR) is 56.9 cm³/mol. The molecule has 2 atom stereocenters. The topological polar surface area (TPSA) is 64.3 Å². The highest BCUT2D eigenvalue weighted by atomic mass is 16.5. The molecule has 0 aliphatic rings. The third kappa shape index (κ3) is 4.58. The molecule has 3 N–H and O–H groups in total. The van der Waals surface area contributed by atoms with E-state index in [2.05, 4.69) is 19.2 Å². The van der Waals surface area contributed by atoms with Crippen molar-refractivity contribution >= 4 is 5.91 Å². The Kier molecular flexibility index (Phi) is 6.49. The molecule has 0 bridgehead atoms. The van der Waals surface area contributed by atoms with Gasteiger partial charge in [0.05, 0.1) is 12.6 Å². The molecule has 2 unspecified atom stereocenters. The van der Waals surface area contributed by atoms with Crippen molar-refractivity contribution < 1.29 is 9.53 Å². The van der Waals surface area contributed by atoms with E-state index >= 15 is 0 Å². The second kappa shape index (κ2) is 6.79. The van der Waals surface area contributed by atoms with Crippen LogP contribution in [0.25, 0.3) is 0 Å². The van der Waals surface area contributed by atoms with E-state index in [0.717, 1.165) is 0 Å². The molecule has 0 saturated heterocycles.